The van der Waals surface area contributed by atoms with Crippen LogP contribution >= 0.6 is 0 Å². The second-order valence-corrected chi connectivity index (χ2v) is 5.03. The van der Waals surface area contributed by atoms with Crippen molar-refractivity contribution in [3.8, 4) is 11.5 Å². The Kier molecular flexibility index (Phi) is 3.52. The molecule has 0 aromatic heterocycles. The summed E-state index contributed by atoms with van der Waals surface area (Å²) in [5.74, 6) is 0.648. The molecule has 1 N–H and O–H groups in total. The number of likely N-dealkylation sites (N-methyl/N-ethyl adjacent to an activating group) is 1. The summed E-state index contributed by atoms with van der Waals surface area (Å²) >= 11 is 0. The van der Waals surface area contributed by atoms with E-state index >= 15 is 0 Å². The first-order valence-electron chi connectivity index (χ1n) is 7.04. The Morgan fingerprint density at radius 3 is 2.67 bits per heavy atom. The van der Waals surface area contributed by atoms with Crippen molar-refractivity contribution in [2.45, 2.75) is 19.4 Å². The highest BCUT2D eigenvalue weighted by Crippen LogP contribution is 2.37. The summed E-state index contributed by atoms with van der Waals surface area (Å²) in [6.45, 7) is 2.50. The average molecular weight is 283 g/mol. The van der Waals surface area contributed by atoms with Gasteiger partial charge in [0.25, 0.3) is 5.91 Å². The number of hydrogen-bond acceptors (Lipinski definition) is 3. The minimum atomic E-state index is -0.554. The molecular formula is C17H17NO3. The third-order valence-corrected chi connectivity index (χ3v) is 3.63. The Morgan fingerprint density at radius 2 is 1.95 bits per heavy atom. The maximum absolute atomic E-state index is 12.5. The topological polar surface area (TPSA) is 49.8 Å². The van der Waals surface area contributed by atoms with Crippen LogP contribution in [0.15, 0.2) is 48.5 Å². The summed E-state index contributed by atoms with van der Waals surface area (Å²) in [4.78, 5) is 14.2. The van der Waals surface area contributed by atoms with Gasteiger partial charge in [-0.15, -0.1) is 0 Å². The van der Waals surface area contributed by atoms with Crippen LogP contribution in [-0.2, 0) is 11.2 Å². The van der Waals surface area contributed by atoms with Crippen LogP contribution in [0.5, 0.6) is 11.5 Å². The number of rotatable bonds is 3. The zero-order valence-electron chi connectivity index (χ0n) is 11.8. The van der Waals surface area contributed by atoms with Crippen molar-refractivity contribution >= 4 is 11.6 Å². The van der Waals surface area contributed by atoms with E-state index in [0.29, 0.717) is 24.4 Å². The highest BCUT2D eigenvalue weighted by atomic mass is 16.5. The summed E-state index contributed by atoms with van der Waals surface area (Å²) in [6.07, 6.45) is -0.0349. The van der Waals surface area contributed by atoms with Crippen molar-refractivity contribution in [3.63, 3.8) is 0 Å². The fourth-order valence-electron chi connectivity index (χ4n) is 2.60. The lowest BCUT2D eigenvalue weighted by atomic mass is 10.0. The number of phenolic OH excluding ortho intramolecular Hbond substituents is 1. The predicted molar refractivity (Wildman–Crippen MR) is 80.7 cm³/mol. The van der Waals surface area contributed by atoms with Crippen LogP contribution in [0.4, 0.5) is 5.69 Å². The summed E-state index contributed by atoms with van der Waals surface area (Å²) in [7, 11) is 0. The lowest BCUT2D eigenvalue weighted by Gasteiger charge is -2.33. The lowest BCUT2D eigenvalue weighted by Crippen LogP contribution is -2.46. The van der Waals surface area contributed by atoms with Gasteiger partial charge in [0, 0.05) is 19.0 Å². The number of hydrogen-bond donors (Lipinski definition) is 1. The van der Waals surface area contributed by atoms with Gasteiger partial charge < -0.3 is 14.7 Å². The standard InChI is InChI=1S/C17H17NO3/c1-2-18-14-9-8-13(19)11-15(14)21-16(17(18)20)10-12-6-4-3-5-7-12/h3-9,11,16,19H,2,10H2,1H3. The molecule has 1 unspecified atom stereocenters. The SMILES string of the molecule is CCN1C(=O)C(Cc2ccccc2)Oc2cc(O)ccc21. The molecule has 0 spiro atoms. The van der Waals surface area contributed by atoms with Crippen LogP contribution < -0.4 is 9.64 Å². The third kappa shape index (κ3) is 2.57. The van der Waals surface area contributed by atoms with Crippen LogP contribution in [0, 0.1) is 0 Å². The molecule has 0 bridgehead atoms. The van der Waals surface area contributed by atoms with E-state index in [4.69, 9.17) is 4.74 Å². The van der Waals surface area contributed by atoms with Crippen LogP contribution in [0.1, 0.15) is 12.5 Å². The van der Waals surface area contributed by atoms with Gasteiger partial charge in [-0.2, -0.15) is 0 Å². The molecule has 4 nitrogen and oxygen atoms in total. The van der Waals surface area contributed by atoms with E-state index in [9.17, 15) is 9.90 Å². The second-order valence-electron chi connectivity index (χ2n) is 5.03. The van der Waals surface area contributed by atoms with Gasteiger partial charge in [-0.25, -0.2) is 0 Å². The molecule has 3 rings (SSSR count). The smallest absolute Gasteiger partial charge is 0.268 e. The van der Waals surface area contributed by atoms with Crippen LogP contribution in [-0.4, -0.2) is 23.7 Å². The van der Waals surface area contributed by atoms with E-state index in [-0.39, 0.29) is 11.7 Å². The predicted octanol–water partition coefficient (Wildman–Crippen LogP) is 2.75. The largest absolute Gasteiger partial charge is 0.508 e. The third-order valence-electron chi connectivity index (χ3n) is 3.63. The van der Waals surface area contributed by atoms with E-state index in [1.54, 1.807) is 23.1 Å². The monoisotopic (exact) mass is 283 g/mol. The number of benzene rings is 2. The van der Waals surface area contributed by atoms with Gasteiger partial charge in [-0.1, -0.05) is 30.3 Å². The average Bonchev–Trinajstić information content (AvgIpc) is 2.49. The molecule has 0 fully saturated rings. The van der Waals surface area contributed by atoms with Crippen LogP contribution in [0.25, 0.3) is 0 Å². The fraction of sp³-hybridized carbons (Fsp3) is 0.235. The number of fused-ring (bicyclic) bond motifs is 1. The molecule has 2 aromatic carbocycles. The number of carbonyl (C=O) groups is 1. The lowest BCUT2D eigenvalue weighted by molar-refractivity contribution is -0.126. The Bertz CT molecular complexity index is 654. The number of amides is 1. The fourth-order valence-corrected chi connectivity index (χ4v) is 2.60. The normalized spacial score (nSPS) is 17.3. The van der Waals surface area contributed by atoms with Crippen molar-refractivity contribution in [2.24, 2.45) is 0 Å². The molecule has 1 atom stereocenters. The molecule has 1 amide bonds. The van der Waals surface area contributed by atoms with Gasteiger partial charge in [0.15, 0.2) is 6.10 Å². The Balaban J connectivity index is 1.92. The molecule has 0 saturated heterocycles. The minimum absolute atomic E-state index is 0.0421. The maximum Gasteiger partial charge on any atom is 0.268 e. The highest BCUT2D eigenvalue weighted by molar-refractivity contribution is 6.00. The van der Waals surface area contributed by atoms with E-state index < -0.39 is 6.10 Å². The van der Waals surface area contributed by atoms with Gasteiger partial charge in [0.05, 0.1) is 5.69 Å². The Labute approximate surface area is 123 Å². The van der Waals surface area contributed by atoms with Gasteiger partial charge in [0.1, 0.15) is 11.5 Å². The number of aromatic hydroxyl groups is 1. The first kappa shape index (κ1) is 13.5. The molecule has 21 heavy (non-hydrogen) atoms. The second kappa shape index (κ2) is 5.48. The number of carbonyl (C=O) groups excluding carboxylic acids is 1. The number of anilines is 1. The van der Waals surface area contributed by atoms with Gasteiger partial charge >= 0.3 is 0 Å². The summed E-state index contributed by atoms with van der Waals surface area (Å²) < 4.78 is 5.81. The van der Waals surface area contributed by atoms with Crippen molar-refractivity contribution < 1.29 is 14.6 Å². The van der Waals surface area contributed by atoms with Crippen molar-refractivity contribution in [1.82, 2.24) is 0 Å². The van der Waals surface area contributed by atoms with E-state index in [0.717, 1.165) is 5.56 Å². The summed E-state index contributed by atoms with van der Waals surface area (Å²) in [5, 5.41) is 9.61. The molecule has 1 aliphatic rings. The molecule has 0 aliphatic carbocycles. The molecule has 0 saturated carbocycles. The van der Waals surface area contributed by atoms with E-state index in [1.807, 2.05) is 37.3 Å². The summed E-state index contributed by atoms with van der Waals surface area (Å²) in [6, 6.07) is 14.6. The minimum Gasteiger partial charge on any atom is -0.508 e. The van der Waals surface area contributed by atoms with Crippen molar-refractivity contribution in [2.75, 3.05) is 11.4 Å². The first-order chi connectivity index (χ1) is 10.2. The van der Waals surface area contributed by atoms with Gasteiger partial charge in [-0.05, 0) is 24.6 Å². The molecular weight excluding hydrogens is 266 g/mol. The number of nitrogens with zero attached hydrogens (tertiary/aromatic N) is 1. The van der Waals surface area contributed by atoms with Crippen molar-refractivity contribution in [3.05, 3.63) is 54.1 Å². The molecule has 1 aliphatic heterocycles. The van der Waals surface area contributed by atoms with Crippen molar-refractivity contribution in [1.29, 1.82) is 0 Å². The zero-order chi connectivity index (χ0) is 14.8. The first-order valence-corrected chi connectivity index (χ1v) is 7.04. The highest BCUT2D eigenvalue weighted by Gasteiger charge is 2.33. The molecule has 108 valence electrons. The number of ether oxygens (including phenoxy) is 1. The Morgan fingerprint density at radius 1 is 1.19 bits per heavy atom. The molecule has 0 radical (unpaired) electrons. The molecule has 1 heterocycles. The zero-order valence-corrected chi connectivity index (χ0v) is 11.8. The number of phenols is 1. The van der Waals surface area contributed by atoms with E-state index in [2.05, 4.69) is 0 Å². The van der Waals surface area contributed by atoms with Gasteiger partial charge in [-0.3, -0.25) is 4.79 Å². The maximum atomic E-state index is 12.5. The van der Waals surface area contributed by atoms with Crippen LogP contribution in [0.2, 0.25) is 0 Å². The molecule has 4 heteroatoms. The summed E-state index contributed by atoms with van der Waals surface area (Å²) in [5.41, 5.74) is 1.76. The Hall–Kier alpha value is -2.49. The van der Waals surface area contributed by atoms with Gasteiger partial charge in [0.2, 0.25) is 0 Å². The quantitative estimate of drug-likeness (QED) is 0.942. The molecule has 2 aromatic rings. The van der Waals surface area contributed by atoms with Crippen LogP contribution in [0.3, 0.4) is 0 Å². The van der Waals surface area contributed by atoms with E-state index in [1.165, 1.54) is 0 Å².